The van der Waals surface area contributed by atoms with Crippen molar-refractivity contribution in [2.45, 2.75) is 17.9 Å². The summed E-state index contributed by atoms with van der Waals surface area (Å²) in [7, 11) is -2.34. The predicted octanol–water partition coefficient (Wildman–Crippen LogP) is 3.09. The third-order valence-corrected chi connectivity index (χ3v) is 5.66. The average molecular weight is 402 g/mol. The minimum atomic E-state index is -3.87. The van der Waals surface area contributed by atoms with Gasteiger partial charge in [-0.1, -0.05) is 23.4 Å². The molecule has 0 fully saturated rings. The number of ether oxygens (including phenoxy) is 1. The molecule has 0 spiro atoms. The predicted molar refractivity (Wildman–Crippen MR) is 101 cm³/mol. The molecule has 3 aromatic rings. The normalized spacial score (nSPS) is 12.5. The molecular weight excluding hydrogens is 384 g/mol. The Bertz CT molecular complexity index is 1080. The molecule has 0 aliphatic rings. The van der Waals surface area contributed by atoms with Crippen LogP contribution in [0.15, 0.2) is 64.0 Å². The summed E-state index contributed by atoms with van der Waals surface area (Å²) in [6.45, 7) is 1.53. The van der Waals surface area contributed by atoms with Crippen LogP contribution < -0.4 is 9.46 Å². The number of methoxy groups -OCH3 is 1. The molecule has 8 nitrogen and oxygen atoms in total. The van der Waals surface area contributed by atoms with Crippen molar-refractivity contribution < 1.29 is 27.6 Å². The Balaban J connectivity index is 2.01. The molecule has 0 bridgehead atoms. The molecule has 0 saturated heterocycles. The molecule has 0 aliphatic heterocycles. The SMILES string of the molecule is COc1ccc(-c2noc(C(=O)O)c2C(C)NS(=O)(=O)c2ccccc2)cc1. The summed E-state index contributed by atoms with van der Waals surface area (Å²) in [6.07, 6.45) is 0. The minimum Gasteiger partial charge on any atom is -0.497 e. The fourth-order valence-electron chi connectivity index (χ4n) is 2.77. The van der Waals surface area contributed by atoms with Crippen molar-refractivity contribution in [1.82, 2.24) is 9.88 Å². The van der Waals surface area contributed by atoms with Crippen LogP contribution in [0.3, 0.4) is 0 Å². The maximum atomic E-state index is 12.6. The standard InChI is InChI=1S/C19H18N2O6S/c1-12(21-28(24,25)15-6-4-3-5-7-15)16-17(20-27-18(16)19(22)23)13-8-10-14(26-2)11-9-13/h3-12,21H,1-2H3,(H,22,23). The van der Waals surface area contributed by atoms with Crippen LogP contribution in [0.2, 0.25) is 0 Å². The molecule has 0 saturated carbocycles. The van der Waals surface area contributed by atoms with Gasteiger partial charge in [0.25, 0.3) is 0 Å². The number of sulfonamides is 1. The van der Waals surface area contributed by atoms with Crippen LogP contribution >= 0.6 is 0 Å². The van der Waals surface area contributed by atoms with Crippen LogP contribution in [-0.2, 0) is 10.0 Å². The Morgan fingerprint density at radius 3 is 2.36 bits per heavy atom. The summed E-state index contributed by atoms with van der Waals surface area (Å²) >= 11 is 0. The molecule has 2 N–H and O–H groups in total. The summed E-state index contributed by atoms with van der Waals surface area (Å²) in [5.41, 5.74) is 0.943. The third kappa shape index (κ3) is 3.90. The summed E-state index contributed by atoms with van der Waals surface area (Å²) in [6, 6.07) is 13.6. The Labute approximate surface area is 161 Å². The smallest absolute Gasteiger partial charge is 0.375 e. The van der Waals surface area contributed by atoms with E-state index in [0.717, 1.165) is 0 Å². The van der Waals surface area contributed by atoms with E-state index in [1.54, 1.807) is 42.5 Å². The number of carbonyl (C=O) groups is 1. The molecule has 0 radical (unpaired) electrons. The van der Waals surface area contributed by atoms with Crippen molar-refractivity contribution in [1.29, 1.82) is 0 Å². The van der Waals surface area contributed by atoms with Crippen molar-refractivity contribution in [2.75, 3.05) is 7.11 Å². The molecule has 0 aliphatic carbocycles. The number of aromatic carboxylic acids is 1. The Morgan fingerprint density at radius 1 is 1.14 bits per heavy atom. The lowest BCUT2D eigenvalue weighted by Crippen LogP contribution is -2.28. The molecule has 1 atom stereocenters. The van der Waals surface area contributed by atoms with Crippen molar-refractivity contribution in [3.05, 3.63) is 65.9 Å². The molecule has 1 heterocycles. The second kappa shape index (κ2) is 7.83. The molecule has 0 amide bonds. The summed E-state index contributed by atoms with van der Waals surface area (Å²) in [5.74, 6) is -1.15. The molecule has 2 aromatic carbocycles. The zero-order valence-corrected chi connectivity index (χ0v) is 15.9. The van der Waals surface area contributed by atoms with Gasteiger partial charge in [0, 0.05) is 5.56 Å². The molecule has 28 heavy (non-hydrogen) atoms. The van der Waals surface area contributed by atoms with E-state index in [1.807, 2.05) is 0 Å². The van der Waals surface area contributed by atoms with Crippen LogP contribution in [0.1, 0.15) is 29.1 Å². The fraction of sp³-hybridized carbons (Fsp3) is 0.158. The number of carboxylic acids is 1. The van der Waals surface area contributed by atoms with E-state index in [9.17, 15) is 18.3 Å². The first-order valence-electron chi connectivity index (χ1n) is 8.28. The zero-order chi connectivity index (χ0) is 20.3. The number of rotatable bonds is 7. The Kier molecular flexibility index (Phi) is 5.48. The topological polar surface area (TPSA) is 119 Å². The zero-order valence-electron chi connectivity index (χ0n) is 15.1. The van der Waals surface area contributed by atoms with Gasteiger partial charge in [0.15, 0.2) is 0 Å². The van der Waals surface area contributed by atoms with Crippen molar-refractivity contribution >= 4 is 16.0 Å². The van der Waals surface area contributed by atoms with E-state index in [1.165, 1.54) is 26.2 Å². The van der Waals surface area contributed by atoms with E-state index in [-0.39, 0.29) is 16.2 Å². The highest BCUT2D eigenvalue weighted by molar-refractivity contribution is 7.89. The van der Waals surface area contributed by atoms with E-state index in [4.69, 9.17) is 9.26 Å². The van der Waals surface area contributed by atoms with Crippen LogP contribution in [0.25, 0.3) is 11.3 Å². The van der Waals surface area contributed by atoms with Gasteiger partial charge >= 0.3 is 5.97 Å². The third-order valence-electron chi connectivity index (χ3n) is 4.10. The summed E-state index contributed by atoms with van der Waals surface area (Å²) < 4.78 is 37.8. The first-order valence-corrected chi connectivity index (χ1v) is 9.76. The second-order valence-corrected chi connectivity index (χ2v) is 7.68. The first-order chi connectivity index (χ1) is 13.3. The highest BCUT2D eigenvalue weighted by Gasteiger charge is 2.29. The number of nitrogens with zero attached hydrogens (tertiary/aromatic N) is 1. The molecule has 1 unspecified atom stereocenters. The number of nitrogens with one attached hydrogen (secondary N) is 1. The van der Waals surface area contributed by atoms with Crippen LogP contribution in [0, 0.1) is 0 Å². The summed E-state index contributed by atoms with van der Waals surface area (Å²) in [5, 5.41) is 13.3. The highest BCUT2D eigenvalue weighted by Crippen LogP contribution is 2.32. The Morgan fingerprint density at radius 2 is 1.79 bits per heavy atom. The maximum absolute atomic E-state index is 12.6. The fourth-order valence-corrected chi connectivity index (χ4v) is 4.00. The largest absolute Gasteiger partial charge is 0.497 e. The van der Waals surface area contributed by atoms with Gasteiger partial charge in [-0.05, 0) is 43.3 Å². The maximum Gasteiger partial charge on any atom is 0.375 e. The van der Waals surface area contributed by atoms with Gasteiger partial charge in [-0.25, -0.2) is 17.9 Å². The van der Waals surface area contributed by atoms with Crippen molar-refractivity contribution in [3.8, 4) is 17.0 Å². The van der Waals surface area contributed by atoms with Gasteiger partial charge in [0.05, 0.1) is 23.6 Å². The monoisotopic (exact) mass is 402 g/mol. The Hall–Kier alpha value is -3.17. The lowest BCUT2D eigenvalue weighted by atomic mass is 10.0. The molecule has 146 valence electrons. The average Bonchev–Trinajstić information content (AvgIpc) is 3.14. The van der Waals surface area contributed by atoms with Gasteiger partial charge in [-0.15, -0.1) is 0 Å². The quantitative estimate of drug-likeness (QED) is 0.623. The summed E-state index contributed by atoms with van der Waals surface area (Å²) in [4.78, 5) is 11.6. The molecule has 9 heteroatoms. The molecule has 3 rings (SSSR count). The number of benzene rings is 2. The van der Waals surface area contributed by atoms with Crippen LogP contribution in [0.4, 0.5) is 0 Å². The van der Waals surface area contributed by atoms with Gasteiger partial charge in [0.1, 0.15) is 11.4 Å². The molecular formula is C19H18N2O6S. The van der Waals surface area contributed by atoms with Gasteiger partial charge < -0.3 is 14.4 Å². The van der Waals surface area contributed by atoms with E-state index >= 15 is 0 Å². The molecule has 1 aromatic heterocycles. The van der Waals surface area contributed by atoms with Gasteiger partial charge in [-0.2, -0.15) is 0 Å². The van der Waals surface area contributed by atoms with Crippen LogP contribution in [-0.4, -0.2) is 31.8 Å². The van der Waals surface area contributed by atoms with Crippen molar-refractivity contribution in [2.24, 2.45) is 0 Å². The van der Waals surface area contributed by atoms with E-state index in [0.29, 0.717) is 11.3 Å². The number of carboxylic acid groups (broad SMARTS) is 1. The van der Waals surface area contributed by atoms with Gasteiger partial charge in [0.2, 0.25) is 15.8 Å². The highest BCUT2D eigenvalue weighted by atomic mass is 32.2. The number of hydrogen-bond donors (Lipinski definition) is 2. The second-order valence-electron chi connectivity index (χ2n) is 5.96. The number of aromatic nitrogens is 1. The van der Waals surface area contributed by atoms with Crippen molar-refractivity contribution in [3.63, 3.8) is 0 Å². The van der Waals surface area contributed by atoms with Crippen LogP contribution in [0.5, 0.6) is 5.75 Å². The first kappa shape index (κ1) is 19.6. The van der Waals surface area contributed by atoms with Gasteiger partial charge in [-0.3, -0.25) is 0 Å². The minimum absolute atomic E-state index is 0.0705. The number of hydrogen-bond acceptors (Lipinski definition) is 6. The van der Waals surface area contributed by atoms with E-state index < -0.39 is 27.8 Å². The lowest BCUT2D eigenvalue weighted by Gasteiger charge is -2.15. The van der Waals surface area contributed by atoms with E-state index in [2.05, 4.69) is 9.88 Å². The lowest BCUT2D eigenvalue weighted by molar-refractivity contribution is 0.0649.